The molecule has 0 aromatic rings. The summed E-state index contributed by atoms with van der Waals surface area (Å²) in [5.74, 6) is -0.688. The van der Waals surface area contributed by atoms with Crippen molar-refractivity contribution in [2.45, 2.75) is 148 Å². The lowest BCUT2D eigenvalue weighted by atomic mass is 10.1. The normalized spacial score (nSPS) is 13.4. The Bertz CT molecular complexity index is 1050. The van der Waals surface area contributed by atoms with Gasteiger partial charge in [0.05, 0.1) is 6.61 Å². The molecule has 0 radical (unpaired) electrons. The molecule has 0 aromatic carbocycles. The van der Waals surface area contributed by atoms with Gasteiger partial charge < -0.3 is 14.6 Å². The third-order valence-corrected chi connectivity index (χ3v) is 7.56. The molecule has 1 atom stereocenters. The maximum absolute atomic E-state index is 12.1. The van der Waals surface area contributed by atoms with Gasteiger partial charge in [-0.15, -0.1) is 0 Å². The summed E-state index contributed by atoms with van der Waals surface area (Å²) in [5, 5.41) is 9.55. The molecule has 5 heteroatoms. The molecule has 0 heterocycles. The van der Waals surface area contributed by atoms with Crippen LogP contribution in [0, 0.1) is 0 Å². The van der Waals surface area contributed by atoms with Gasteiger partial charge in [-0.1, -0.05) is 149 Å². The van der Waals surface area contributed by atoms with Gasteiger partial charge in [-0.05, 0) is 89.9 Å². The number of allylic oxidation sites excluding steroid dienone is 18. The largest absolute Gasteiger partial charge is 0.462 e. The van der Waals surface area contributed by atoms with Crippen LogP contribution in [0.5, 0.6) is 0 Å². The van der Waals surface area contributed by atoms with Crippen LogP contribution in [0.3, 0.4) is 0 Å². The number of rotatable bonds is 33. The molecule has 5 nitrogen and oxygen atoms in total. The second-order valence-corrected chi connectivity index (χ2v) is 12.2. The monoisotopic (exact) mass is 691 g/mol. The molecule has 50 heavy (non-hydrogen) atoms. The molecule has 0 aliphatic heterocycles. The van der Waals surface area contributed by atoms with Crippen LogP contribution in [-0.4, -0.2) is 36.4 Å². The van der Waals surface area contributed by atoms with Gasteiger partial charge in [0.2, 0.25) is 0 Å². The van der Waals surface area contributed by atoms with Crippen molar-refractivity contribution in [2.75, 3.05) is 13.2 Å². The zero-order chi connectivity index (χ0) is 36.4. The van der Waals surface area contributed by atoms with Crippen molar-refractivity contribution in [1.82, 2.24) is 0 Å². The Hall–Kier alpha value is -3.44. The van der Waals surface area contributed by atoms with Crippen LogP contribution in [0.1, 0.15) is 142 Å². The number of ether oxygens (including phenoxy) is 2. The van der Waals surface area contributed by atoms with E-state index in [1.165, 1.54) is 19.3 Å². The minimum absolute atomic E-state index is 0.104. The molecule has 0 fully saturated rings. The predicted octanol–water partition coefficient (Wildman–Crippen LogP) is 12.3. The average molecular weight is 691 g/mol. The third kappa shape index (κ3) is 37.4. The van der Waals surface area contributed by atoms with Gasteiger partial charge in [0.1, 0.15) is 6.61 Å². The van der Waals surface area contributed by atoms with Gasteiger partial charge in [0.15, 0.2) is 6.10 Å². The highest BCUT2D eigenvalue weighted by molar-refractivity contribution is 5.70. The Balaban J connectivity index is 3.73. The maximum Gasteiger partial charge on any atom is 0.306 e. The topological polar surface area (TPSA) is 72.8 Å². The van der Waals surface area contributed by atoms with Crippen molar-refractivity contribution in [3.05, 3.63) is 109 Å². The number of aliphatic hydroxyl groups excluding tert-OH is 1. The van der Waals surface area contributed by atoms with Gasteiger partial charge >= 0.3 is 11.9 Å². The second-order valence-electron chi connectivity index (χ2n) is 12.2. The maximum atomic E-state index is 12.1. The second kappa shape index (κ2) is 40.0. The minimum Gasteiger partial charge on any atom is -0.462 e. The van der Waals surface area contributed by atoms with Crippen molar-refractivity contribution in [2.24, 2.45) is 0 Å². The first-order valence-electron chi connectivity index (χ1n) is 19.4. The number of carbonyl (C=O) groups excluding carboxylic acids is 2. The Morgan fingerprint density at radius 3 is 1.26 bits per heavy atom. The zero-order valence-corrected chi connectivity index (χ0v) is 31.6. The lowest BCUT2D eigenvalue weighted by molar-refractivity contribution is -0.161. The summed E-state index contributed by atoms with van der Waals surface area (Å²) in [4.78, 5) is 24.2. The molecule has 0 spiro atoms. The van der Waals surface area contributed by atoms with Gasteiger partial charge in [-0.2, -0.15) is 0 Å². The lowest BCUT2D eigenvalue weighted by Crippen LogP contribution is -2.28. The Kier molecular flexibility index (Phi) is 37.2. The minimum atomic E-state index is -0.814. The van der Waals surface area contributed by atoms with E-state index in [4.69, 9.17) is 9.47 Å². The standard InChI is InChI=1S/C45H70O5/c1-3-5-7-9-11-13-15-17-19-21-22-24-25-27-29-31-33-35-37-39-44(47)49-42-43(41-46)50-45(48)40-38-36-34-32-30-28-26-23-20-18-16-14-12-10-8-6-4-2/h5-8,11-14,17-20,22,24,26,28,32,34,43,46H,3-4,9-10,15-16,21,23,25,27,29-31,33,35-42H2,1-2H3/b7-5-,8-6-,13-11-,14-12-,19-17-,20-18-,24-22-,28-26-,34-32-. The van der Waals surface area contributed by atoms with Crippen LogP contribution < -0.4 is 0 Å². The van der Waals surface area contributed by atoms with E-state index in [1.54, 1.807) is 0 Å². The Morgan fingerprint density at radius 1 is 0.460 bits per heavy atom. The van der Waals surface area contributed by atoms with E-state index in [0.717, 1.165) is 89.9 Å². The molecule has 0 bridgehead atoms. The van der Waals surface area contributed by atoms with Crippen LogP contribution in [0.4, 0.5) is 0 Å². The summed E-state index contributed by atoms with van der Waals surface area (Å²) in [5.41, 5.74) is 0. The number of hydrogen-bond acceptors (Lipinski definition) is 5. The van der Waals surface area contributed by atoms with Crippen LogP contribution in [0.25, 0.3) is 0 Å². The fraction of sp³-hybridized carbons (Fsp3) is 0.556. The van der Waals surface area contributed by atoms with Crippen molar-refractivity contribution < 1.29 is 24.2 Å². The van der Waals surface area contributed by atoms with Crippen LogP contribution in [0.15, 0.2) is 109 Å². The molecule has 0 rings (SSSR count). The highest BCUT2D eigenvalue weighted by Gasteiger charge is 2.15. The number of unbranched alkanes of at least 4 members (excludes halogenated alkanes) is 7. The quantitative estimate of drug-likeness (QED) is 0.0421. The summed E-state index contributed by atoms with van der Waals surface area (Å²) >= 11 is 0. The first kappa shape index (κ1) is 46.6. The summed E-state index contributed by atoms with van der Waals surface area (Å²) in [7, 11) is 0. The van der Waals surface area contributed by atoms with Gasteiger partial charge in [0.25, 0.3) is 0 Å². The summed E-state index contributed by atoms with van der Waals surface area (Å²) < 4.78 is 10.5. The van der Waals surface area contributed by atoms with Crippen LogP contribution >= 0.6 is 0 Å². The van der Waals surface area contributed by atoms with Crippen LogP contribution in [-0.2, 0) is 19.1 Å². The van der Waals surface area contributed by atoms with E-state index in [1.807, 2.05) is 0 Å². The summed E-state index contributed by atoms with van der Waals surface area (Å²) in [6.45, 7) is 3.82. The molecule has 0 aliphatic carbocycles. The molecule has 0 saturated heterocycles. The molecule has 0 aromatic heterocycles. The van der Waals surface area contributed by atoms with Crippen molar-refractivity contribution in [3.8, 4) is 0 Å². The highest BCUT2D eigenvalue weighted by atomic mass is 16.6. The molecule has 1 unspecified atom stereocenters. The zero-order valence-electron chi connectivity index (χ0n) is 31.6. The number of hydrogen-bond donors (Lipinski definition) is 1. The van der Waals surface area contributed by atoms with E-state index in [-0.39, 0.29) is 31.6 Å². The third-order valence-electron chi connectivity index (χ3n) is 7.56. The Labute approximate surface area is 306 Å². The van der Waals surface area contributed by atoms with E-state index in [2.05, 4.69) is 123 Å². The molecular formula is C45H70O5. The van der Waals surface area contributed by atoms with Gasteiger partial charge in [0, 0.05) is 12.8 Å². The van der Waals surface area contributed by atoms with Crippen molar-refractivity contribution in [3.63, 3.8) is 0 Å². The predicted molar refractivity (Wildman–Crippen MR) is 214 cm³/mol. The van der Waals surface area contributed by atoms with Crippen molar-refractivity contribution >= 4 is 11.9 Å². The molecule has 1 N–H and O–H groups in total. The molecule has 0 amide bonds. The Morgan fingerprint density at radius 2 is 0.820 bits per heavy atom. The summed E-state index contributed by atoms with van der Waals surface area (Å²) in [6.07, 6.45) is 57.2. The number of esters is 2. The molecule has 0 aliphatic rings. The molecular weight excluding hydrogens is 620 g/mol. The lowest BCUT2D eigenvalue weighted by Gasteiger charge is -2.15. The SMILES string of the molecule is CC/C=C\C/C=C\C/C=C\C/C=C\C/C=C\CCCC(=O)OC(CO)COC(=O)CCCCCCCC/C=C\C/C=C\C/C=C\C/C=C\CC. The van der Waals surface area contributed by atoms with Gasteiger partial charge in [-0.3, -0.25) is 9.59 Å². The van der Waals surface area contributed by atoms with Crippen molar-refractivity contribution in [1.29, 1.82) is 0 Å². The van der Waals surface area contributed by atoms with E-state index < -0.39 is 6.10 Å². The van der Waals surface area contributed by atoms with E-state index in [9.17, 15) is 14.7 Å². The molecule has 280 valence electrons. The summed E-state index contributed by atoms with van der Waals surface area (Å²) in [6, 6.07) is 0. The van der Waals surface area contributed by atoms with Gasteiger partial charge in [-0.25, -0.2) is 0 Å². The van der Waals surface area contributed by atoms with E-state index >= 15 is 0 Å². The number of carbonyl (C=O) groups is 2. The molecule has 0 saturated carbocycles. The highest BCUT2D eigenvalue weighted by Crippen LogP contribution is 2.10. The van der Waals surface area contributed by atoms with E-state index in [0.29, 0.717) is 12.8 Å². The fourth-order valence-corrected chi connectivity index (χ4v) is 4.70. The smallest absolute Gasteiger partial charge is 0.306 e. The average Bonchev–Trinajstić information content (AvgIpc) is 3.12. The van der Waals surface area contributed by atoms with Crippen LogP contribution in [0.2, 0.25) is 0 Å². The first-order valence-corrected chi connectivity index (χ1v) is 19.4. The fourth-order valence-electron chi connectivity index (χ4n) is 4.70. The number of aliphatic hydroxyl groups is 1. The first-order chi connectivity index (χ1) is 24.6.